The third kappa shape index (κ3) is 3.46. The van der Waals surface area contributed by atoms with Gasteiger partial charge in [-0.3, -0.25) is 4.79 Å². The minimum Gasteiger partial charge on any atom is -0.353 e. The van der Waals surface area contributed by atoms with E-state index in [4.69, 9.17) is 0 Å². The molecular formula is C12H23N3O. The molecule has 4 nitrogen and oxygen atoms in total. The monoisotopic (exact) mass is 225 g/mol. The molecule has 4 heteroatoms. The average molecular weight is 225 g/mol. The van der Waals surface area contributed by atoms with Gasteiger partial charge in [0.15, 0.2) is 0 Å². The molecule has 2 aliphatic rings. The Bertz CT molecular complexity index is 234. The first-order valence-corrected chi connectivity index (χ1v) is 6.48. The molecule has 2 rings (SSSR count). The number of hydrogen-bond acceptors (Lipinski definition) is 3. The van der Waals surface area contributed by atoms with Crippen LogP contribution in [-0.4, -0.2) is 49.6 Å². The summed E-state index contributed by atoms with van der Waals surface area (Å²) in [5, 5.41) is 6.29. The van der Waals surface area contributed by atoms with Gasteiger partial charge in [0.25, 0.3) is 0 Å². The number of carbonyl (C=O) groups is 1. The molecule has 1 amide bonds. The van der Waals surface area contributed by atoms with Crippen LogP contribution in [0, 0.1) is 0 Å². The Labute approximate surface area is 97.8 Å². The summed E-state index contributed by atoms with van der Waals surface area (Å²) >= 11 is 0. The SMILES string of the molecule is CN(CCNC(=O)[C@@H]1CCCCN1)C1CC1. The Morgan fingerprint density at radius 2 is 2.19 bits per heavy atom. The Hall–Kier alpha value is -0.610. The second kappa shape index (κ2) is 5.64. The van der Waals surface area contributed by atoms with E-state index in [1.807, 2.05) is 0 Å². The van der Waals surface area contributed by atoms with Crippen LogP contribution in [0.2, 0.25) is 0 Å². The van der Waals surface area contributed by atoms with Gasteiger partial charge in [0.1, 0.15) is 0 Å². The molecule has 0 aromatic heterocycles. The number of piperidine rings is 1. The molecule has 2 fully saturated rings. The zero-order valence-electron chi connectivity index (χ0n) is 10.2. The van der Waals surface area contributed by atoms with Crippen LogP contribution in [0.3, 0.4) is 0 Å². The number of carbonyl (C=O) groups excluding carboxylic acids is 1. The van der Waals surface area contributed by atoms with E-state index in [1.54, 1.807) is 0 Å². The first-order valence-electron chi connectivity index (χ1n) is 6.48. The highest BCUT2D eigenvalue weighted by Crippen LogP contribution is 2.24. The fourth-order valence-corrected chi connectivity index (χ4v) is 2.25. The molecule has 0 radical (unpaired) electrons. The zero-order valence-corrected chi connectivity index (χ0v) is 10.2. The van der Waals surface area contributed by atoms with Gasteiger partial charge in [-0.15, -0.1) is 0 Å². The summed E-state index contributed by atoms with van der Waals surface area (Å²) in [5.41, 5.74) is 0. The second-order valence-electron chi connectivity index (χ2n) is 5.01. The highest BCUT2D eigenvalue weighted by molar-refractivity contribution is 5.81. The van der Waals surface area contributed by atoms with Crippen LogP contribution in [0.4, 0.5) is 0 Å². The van der Waals surface area contributed by atoms with E-state index in [0.717, 1.165) is 32.1 Å². The first kappa shape index (κ1) is 11.9. The van der Waals surface area contributed by atoms with Gasteiger partial charge in [-0.25, -0.2) is 0 Å². The van der Waals surface area contributed by atoms with Crippen molar-refractivity contribution in [1.29, 1.82) is 0 Å². The molecule has 1 saturated heterocycles. The largest absolute Gasteiger partial charge is 0.353 e. The van der Waals surface area contributed by atoms with E-state index in [-0.39, 0.29) is 11.9 Å². The minimum absolute atomic E-state index is 0.0555. The average Bonchev–Trinajstić information content (AvgIpc) is 3.14. The maximum absolute atomic E-state index is 11.8. The van der Waals surface area contributed by atoms with Crippen LogP contribution in [0.1, 0.15) is 32.1 Å². The number of amides is 1. The van der Waals surface area contributed by atoms with Gasteiger partial charge in [-0.2, -0.15) is 0 Å². The fraction of sp³-hybridized carbons (Fsp3) is 0.917. The Morgan fingerprint density at radius 3 is 2.81 bits per heavy atom. The van der Waals surface area contributed by atoms with E-state index in [1.165, 1.54) is 25.7 Å². The Morgan fingerprint density at radius 1 is 1.38 bits per heavy atom. The van der Waals surface area contributed by atoms with Crippen molar-refractivity contribution in [3.05, 3.63) is 0 Å². The standard InChI is InChI=1S/C12H23N3O/c1-15(10-5-6-10)9-8-14-12(16)11-4-2-3-7-13-11/h10-11,13H,2-9H2,1H3,(H,14,16)/t11-/m0/s1. The summed E-state index contributed by atoms with van der Waals surface area (Å²) in [6.45, 7) is 2.74. The molecule has 0 unspecified atom stereocenters. The Kier molecular flexibility index (Phi) is 4.18. The summed E-state index contributed by atoms with van der Waals surface area (Å²) in [4.78, 5) is 14.1. The summed E-state index contributed by atoms with van der Waals surface area (Å²) < 4.78 is 0. The molecule has 1 saturated carbocycles. The quantitative estimate of drug-likeness (QED) is 0.709. The predicted molar refractivity (Wildman–Crippen MR) is 64.3 cm³/mol. The van der Waals surface area contributed by atoms with Gasteiger partial charge in [0, 0.05) is 19.1 Å². The van der Waals surface area contributed by atoms with E-state index < -0.39 is 0 Å². The van der Waals surface area contributed by atoms with Gasteiger partial charge in [0.2, 0.25) is 5.91 Å². The van der Waals surface area contributed by atoms with Crippen molar-refractivity contribution < 1.29 is 4.79 Å². The third-order valence-corrected chi connectivity index (χ3v) is 3.56. The van der Waals surface area contributed by atoms with Crippen LogP contribution in [0.15, 0.2) is 0 Å². The highest BCUT2D eigenvalue weighted by atomic mass is 16.2. The fourth-order valence-electron chi connectivity index (χ4n) is 2.25. The second-order valence-corrected chi connectivity index (χ2v) is 5.01. The summed E-state index contributed by atoms with van der Waals surface area (Å²) in [5.74, 6) is 0.184. The van der Waals surface area contributed by atoms with Crippen molar-refractivity contribution >= 4 is 5.91 Å². The lowest BCUT2D eigenvalue weighted by molar-refractivity contribution is -0.123. The molecule has 16 heavy (non-hydrogen) atoms. The smallest absolute Gasteiger partial charge is 0.237 e. The number of nitrogens with zero attached hydrogens (tertiary/aromatic N) is 1. The van der Waals surface area contributed by atoms with Gasteiger partial charge >= 0.3 is 0 Å². The summed E-state index contributed by atoms with van der Waals surface area (Å²) in [6, 6.07) is 0.838. The van der Waals surface area contributed by atoms with Crippen LogP contribution >= 0.6 is 0 Å². The van der Waals surface area contributed by atoms with Gasteiger partial charge in [0.05, 0.1) is 6.04 Å². The number of rotatable bonds is 5. The van der Waals surface area contributed by atoms with Gasteiger partial charge in [-0.05, 0) is 39.3 Å². The topological polar surface area (TPSA) is 44.4 Å². The Balaban J connectivity index is 1.59. The van der Waals surface area contributed by atoms with Gasteiger partial charge in [-0.1, -0.05) is 6.42 Å². The lowest BCUT2D eigenvalue weighted by atomic mass is 10.0. The van der Waals surface area contributed by atoms with Crippen LogP contribution in [0.25, 0.3) is 0 Å². The lowest BCUT2D eigenvalue weighted by Crippen LogP contribution is -2.48. The van der Waals surface area contributed by atoms with Crippen molar-refractivity contribution in [2.24, 2.45) is 0 Å². The third-order valence-electron chi connectivity index (χ3n) is 3.56. The maximum atomic E-state index is 11.8. The zero-order chi connectivity index (χ0) is 11.4. The normalized spacial score (nSPS) is 25.8. The van der Waals surface area contributed by atoms with E-state index >= 15 is 0 Å². The number of likely N-dealkylation sites (N-methyl/N-ethyl adjacent to an activating group) is 1. The summed E-state index contributed by atoms with van der Waals surface area (Å²) in [6.07, 6.45) is 6.02. The molecule has 0 spiro atoms. The van der Waals surface area contributed by atoms with Crippen molar-refractivity contribution in [1.82, 2.24) is 15.5 Å². The highest BCUT2D eigenvalue weighted by Gasteiger charge is 2.26. The molecule has 1 heterocycles. The van der Waals surface area contributed by atoms with E-state index in [0.29, 0.717) is 0 Å². The molecule has 0 bridgehead atoms. The molecular weight excluding hydrogens is 202 g/mol. The van der Waals surface area contributed by atoms with Crippen molar-refractivity contribution in [2.45, 2.75) is 44.2 Å². The molecule has 2 N–H and O–H groups in total. The minimum atomic E-state index is 0.0555. The number of nitrogens with one attached hydrogen (secondary N) is 2. The van der Waals surface area contributed by atoms with E-state index in [2.05, 4.69) is 22.6 Å². The predicted octanol–water partition coefficient (Wildman–Crippen LogP) is 0.339. The molecule has 0 aromatic carbocycles. The molecule has 1 aliphatic heterocycles. The maximum Gasteiger partial charge on any atom is 0.237 e. The summed E-state index contributed by atoms with van der Waals surface area (Å²) in [7, 11) is 2.14. The molecule has 0 aromatic rings. The van der Waals surface area contributed by atoms with Crippen molar-refractivity contribution in [3.63, 3.8) is 0 Å². The van der Waals surface area contributed by atoms with Gasteiger partial charge < -0.3 is 15.5 Å². The molecule has 1 atom stereocenters. The lowest BCUT2D eigenvalue weighted by Gasteiger charge is -2.23. The van der Waals surface area contributed by atoms with Crippen molar-refractivity contribution in [3.8, 4) is 0 Å². The van der Waals surface area contributed by atoms with Crippen molar-refractivity contribution in [2.75, 3.05) is 26.7 Å². The van der Waals surface area contributed by atoms with Crippen LogP contribution < -0.4 is 10.6 Å². The first-order chi connectivity index (χ1) is 7.77. The van der Waals surface area contributed by atoms with Crippen LogP contribution in [0.5, 0.6) is 0 Å². The van der Waals surface area contributed by atoms with Crippen LogP contribution in [-0.2, 0) is 4.79 Å². The van der Waals surface area contributed by atoms with E-state index in [9.17, 15) is 4.79 Å². The number of hydrogen-bond donors (Lipinski definition) is 2. The molecule has 92 valence electrons. The molecule has 1 aliphatic carbocycles.